The molecule has 0 aliphatic heterocycles. The first-order valence-corrected chi connectivity index (χ1v) is 15.9. The summed E-state index contributed by atoms with van der Waals surface area (Å²) >= 11 is -1.18. The van der Waals surface area contributed by atoms with Crippen LogP contribution in [-0.2, 0) is 0 Å². The molecule has 6 heteroatoms. The van der Waals surface area contributed by atoms with Gasteiger partial charge in [-0.2, -0.15) is 0 Å². The van der Waals surface area contributed by atoms with Gasteiger partial charge in [0, 0.05) is 0 Å². The summed E-state index contributed by atoms with van der Waals surface area (Å²) in [7, 11) is 14.8. The van der Waals surface area contributed by atoms with Gasteiger partial charge in [0.15, 0.2) is 0 Å². The molecule has 0 rings (SSSR count). The molecule has 0 amide bonds. The molecule has 0 N–H and O–H groups in total. The molecule has 0 bridgehead atoms. The molecule has 0 aromatic carbocycles. The molecule has 40 valence electrons. The third-order valence-corrected chi connectivity index (χ3v) is 29.0. The summed E-state index contributed by atoms with van der Waals surface area (Å²) in [6.45, 7) is 0. The summed E-state index contributed by atoms with van der Waals surface area (Å²) in [6, 6.07) is 0. The second kappa shape index (κ2) is 4.84. The molecule has 0 nitrogen and oxygen atoms in total. The minimum absolute atomic E-state index is 1.18. The Balaban J connectivity index is 3.77. The van der Waals surface area contributed by atoms with E-state index in [-0.39, 0.29) is 0 Å². The van der Waals surface area contributed by atoms with Crippen molar-refractivity contribution >= 4 is 66.3 Å². The van der Waals surface area contributed by atoms with Crippen LogP contribution in [0, 0.1) is 0 Å². The van der Waals surface area contributed by atoms with Gasteiger partial charge in [-0.3, -0.25) is 0 Å². The summed E-state index contributed by atoms with van der Waals surface area (Å²) in [4.78, 5) is 0. The maximum atomic E-state index is 4.86. The van der Waals surface area contributed by atoms with Crippen LogP contribution in [0.1, 0.15) is 0 Å². The van der Waals surface area contributed by atoms with E-state index >= 15 is 0 Å². The van der Waals surface area contributed by atoms with Gasteiger partial charge in [0.25, 0.3) is 0 Å². The van der Waals surface area contributed by atoms with E-state index < -0.39 is 21.5 Å². The van der Waals surface area contributed by atoms with E-state index in [0.29, 0.717) is 0 Å². The number of hydrogen-bond donors (Lipinski definition) is 0. The first kappa shape index (κ1) is 9.00. The summed E-state index contributed by atoms with van der Waals surface area (Å²) in [5.74, 6) is 0. The van der Waals surface area contributed by atoms with E-state index in [9.17, 15) is 0 Å². The molecule has 0 saturated heterocycles. The fourth-order valence-electron chi connectivity index (χ4n) is 0.0744. The van der Waals surface area contributed by atoms with Gasteiger partial charge in [-0.25, -0.2) is 0 Å². The Bertz CT molecular complexity index is 138. The molecule has 7 heavy (non-hydrogen) atoms. The van der Waals surface area contributed by atoms with Crippen molar-refractivity contribution in [1.82, 2.24) is 0 Å². The molecule has 0 saturated carbocycles. The van der Waals surface area contributed by atoms with Crippen molar-refractivity contribution < 1.29 is 0 Å². The van der Waals surface area contributed by atoms with Gasteiger partial charge in [-0.15, -0.1) is 0 Å². The second-order valence-corrected chi connectivity index (χ2v) is 24.6. The van der Waals surface area contributed by atoms with Gasteiger partial charge < -0.3 is 0 Å². The predicted molar refractivity (Wildman–Crippen MR) is 49.0 cm³/mol. The van der Waals surface area contributed by atoms with Gasteiger partial charge in [0.05, 0.1) is 0 Å². The zero-order valence-corrected chi connectivity index (χ0v) is 10.3. The van der Waals surface area contributed by atoms with Crippen LogP contribution in [0.15, 0.2) is 0 Å². The average molecular weight is 292 g/mol. The Hall–Kier alpha value is 2.00. The first-order valence-electron chi connectivity index (χ1n) is 1.23. The Labute approximate surface area is 65.4 Å². The summed E-state index contributed by atoms with van der Waals surface area (Å²) < 4.78 is 0. The molecule has 0 aromatic heterocycles. The first-order chi connectivity index (χ1) is 3.13. The van der Waals surface area contributed by atoms with Gasteiger partial charge in [-0.1, -0.05) is 0 Å². The van der Waals surface area contributed by atoms with Crippen LogP contribution < -0.4 is 0 Å². The summed E-state index contributed by atoms with van der Waals surface area (Å²) in [5.41, 5.74) is 0. The van der Waals surface area contributed by atoms with E-state index in [0.717, 1.165) is 0 Å². The standard InChI is InChI=1S/CH2As2S4/c1-2(4)7-3(5)6/h1H2. The summed E-state index contributed by atoms with van der Waals surface area (Å²) in [6.07, 6.45) is 0. The molecule has 1 unspecified atom stereocenters. The third kappa shape index (κ3) is 8.00. The number of rotatable bonds is 2. The van der Waals surface area contributed by atoms with Crippen molar-refractivity contribution in [3.05, 3.63) is 0 Å². The Morgan fingerprint density at radius 3 is 1.71 bits per heavy atom. The molecule has 0 fully saturated rings. The van der Waals surface area contributed by atoms with E-state index in [2.05, 4.69) is 5.31 Å². The van der Waals surface area contributed by atoms with Crippen LogP contribution in [0.3, 0.4) is 0 Å². The topological polar surface area (TPSA) is 0 Å². The molecule has 0 aliphatic rings. The molecule has 0 heterocycles. The van der Waals surface area contributed by atoms with E-state index in [1.807, 2.05) is 0 Å². The van der Waals surface area contributed by atoms with Crippen molar-refractivity contribution in [2.24, 2.45) is 0 Å². The maximum absolute atomic E-state index is 4.86. The van der Waals surface area contributed by atoms with Gasteiger partial charge >= 0.3 is 66.3 Å². The van der Waals surface area contributed by atoms with Gasteiger partial charge in [0.2, 0.25) is 0 Å². The predicted octanol–water partition coefficient (Wildman–Crippen LogP) is 1.80. The van der Waals surface area contributed by atoms with Crippen molar-refractivity contribution in [1.29, 1.82) is 0 Å². The summed E-state index contributed by atoms with van der Waals surface area (Å²) in [5, 5.41) is 3.71. The SMILES string of the molecule is C=[As](=S)S[As](=S)=S. The fraction of sp³-hybridized carbons (Fsp3) is 0. The van der Waals surface area contributed by atoms with Gasteiger partial charge in [0.1, 0.15) is 0 Å². The average Bonchev–Trinajstić information content (AvgIpc) is 1.27. The van der Waals surface area contributed by atoms with Crippen LogP contribution in [0.2, 0.25) is 0 Å². The van der Waals surface area contributed by atoms with Crippen molar-refractivity contribution in [3.63, 3.8) is 0 Å². The van der Waals surface area contributed by atoms with Crippen molar-refractivity contribution in [2.75, 3.05) is 0 Å². The monoisotopic (exact) mass is 292 g/mol. The molecule has 0 radical (unpaired) electrons. The Morgan fingerprint density at radius 2 is 1.71 bits per heavy atom. The molecular weight excluding hydrogens is 290 g/mol. The van der Waals surface area contributed by atoms with E-state index in [1.54, 1.807) is 8.29 Å². The molecule has 0 aliphatic carbocycles. The van der Waals surface area contributed by atoms with E-state index in [1.165, 1.54) is 0 Å². The van der Waals surface area contributed by atoms with Crippen LogP contribution in [0.4, 0.5) is 0 Å². The normalized spacial score (nSPS) is 10.6. The zero-order chi connectivity index (χ0) is 5.86. The molecular formula is CH2As2S4. The fourth-order valence-corrected chi connectivity index (χ4v) is 31.3. The zero-order valence-electron chi connectivity index (χ0n) is 3.23. The van der Waals surface area contributed by atoms with Crippen LogP contribution in [-0.4, -0.2) is 26.8 Å². The number of hydrogen-bond acceptors (Lipinski definition) is 4. The Morgan fingerprint density at radius 1 is 1.29 bits per heavy atom. The Kier molecular flexibility index (Phi) is 6.22. The molecule has 0 aromatic rings. The van der Waals surface area contributed by atoms with Crippen LogP contribution in [0.5, 0.6) is 0 Å². The van der Waals surface area contributed by atoms with Crippen molar-refractivity contribution in [2.45, 2.75) is 0 Å². The van der Waals surface area contributed by atoms with Crippen LogP contribution >= 0.6 is 39.5 Å². The van der Waals surface area contributed by atoms with Gasteiger partial charge in [-0.05, 0) is 0 Å². The van der Waals surface area contributed by atoms with Crippen molar-refractivity contribution in [3.8, 4) is 0 Å². The quantitative estimate of drug-likeness (QED) is 0.711. The minimum atomic E-state index is -1.30. The second-order valence-electron chi connectivity index (χ2n) is 0.638. The third-order valence-electron chi connectivity index (χ3n) is 0.158. The molecule has 0 spiro atoms. The molecule has 1 atom stereocenters. The van der Waals surface area contributed by atoms with Crippen LogP contribution in [0.25, 0.3) is 0 Å². The van der Waals surface area contributed by atoms with E-state index in [4.69, 9.17) is 31.2 Å².